The molecule has 1 saturated carbocycles. The van der Waals surface area contributed by atoms with Gasteiger partial charge >= 0.3 is 12.3 Å². The third-order valence-electron chi connectivity index (χ3n) is 4.16. The molecule has 0 spiro atoms. The first-order chi connectivity index (χ1) is 12.2. The molecule has 6 nitrogen and oxygen atoms in total. The summed E-state index contributed by atoms with van der Waals surface area (Å²) in [5.41, 5.74) is 8.61. The summed E-state index contributed by atoms with van der Waals surface area (Å²) in [5, 5.41) is 9.29. The van der Waals surface area contributed by atoms with Crippen LogP contribution in [0.1, 0.15) is 37.2 Å². The highest BCUT2D eigenvalue weighted by atomic mass is 32.2. The van der Waals surface area contributed by atoms with Crippen LogP contribution in [0.4, 0.5) is 13.2 Å². The number of carbonyl (C=O) groups is 1. The molecule has 0 aliphatic heterocycles. The molecule has 1 aromatic rings. The second kappa shape index (κ2) is 8.54. The highest BCUT2D eigenvalue weighted by Gasteiger charge is 2.31. The van der Waals surface area contributed by atoms with Gasteiger partial charge in [0.15, 0.2) is 5.70 Å². The van der Waals surface area contributed by atoms with Gasteiger partial charge in [0.1, 0.15) is 5.75 Å². The quantitative estimate of drug-likeness (QED) is 0.335. The number of ether oxygens (including phenoxy) is 1. The Bertz CT molecular complexity index is 657. The molecule has 10 heteroatoms. The number of benzene rings is 1. The van der Waals surface area contributed by atoms with E-state index in [9.17, 15) is 18.0 Å². The van der Waals surface area contributed by atoms with Crippen LogP contribution in [0, 0.1) is 0 Å². The normalized spacial score (nSPS) is 21.7. The number of halogens is 3. The van der Waals surface area contributed by atoms with E-state index in [-0.39, 0.29) is 27.6 Å². The Labute approximate surface area is 152 Å². The Morgan fingerprint density at radius 1 is 1.19 bits per heavy atom. The molecule has 0 amide bonds. The second-order valence-corrected chi connectivity index (χ2v) is 7.24. The van der Waals surface area contributed by atoms with Gasteiger partial charge in [-0.1, -0.05) is 12.1 Å². The molecule has 0 unspecified atom stereocenters. The molecule has 0 atom stereocenters. The first kappa shape index (κ1) is 20.2. The Balaban J connectivity index is 1.91. The zero-order chi connectivity index (χ0) is 19.3. The monoisotopic (exact) mass is 391 g/mol. The van der Waals surface area contributed by atoms with E-state index in [1.54, 1.807) is 12.1 Å². The van der Waals surface area contributed by atoms with Crippen LogP contribution in [0.25, 0.3) is 0 Å². The van der Waals surface area contributed by atoms with E-state index < -0.39 is 12.3 Å². The summed E-state index contributed by atoms with van der Waals surface area (Å²) in [5.74, 6) is 3.95. The first-order valence-electron chi connectivity index (χ1n) is 7.91. The molecule has 0 saturated heterocycles. The third kappa shape index (κ3) is 5.73. The van der Waals surface area contributed by atoms with Gasteiger partial charge in [0.2, 0.25) is 0 Å². The zero-order valence-electron chi connectivity index (χ0n) is 13.8. The average molecular weight is 391 g/mol. The van der Waals surface area contributed by atoms with Crippen LogP contribution in [-0.4, -0.2) is 22.7 Å². The minimum absolute atomic E-state index is 0.136. The maximum Gasteiger partial charge on any atom is 0.573 e. The zero-order valence-corrected chi connectivity index (χ0v) is 14.6. The number of carboxylic acid groups (broad SMARTS) is 1. The van der Waals surface area contributed by atoms with E-state index in [0.29, 0.717) is 0 Å². The van der Waals surface area contributed by atoms with Crippen LogP contribution in [0.15, 0.2) is 35.0 Å². The summed E-state index contributed by atoms with van der Waals surface area (Å²) in [6, 6.07) is 5.93. The van der Waals surface area contributed by atoms with Gasteiger partial charge in [-0.15, -0.1) is 24.9 Å². The summed E-state index contributed by atoms with van der Waals surface area (Å²) in [7, 11) is 0. The van der Waals surface area contributed by atoms with Crippen molar-refractivity contribution in [3.8, 4) is 5.75 Å². The van der Waals surface area contributed by atoms with Gasteiger partial charge in [-0.2, -0.15) is 0 Å². The van der Waals surface area contributed by atoms with Gasteiger partial charge in [-0.3, -0.25) is 5.84 Å². The van der Waals surface area contributed by atoms with Crippen molar-refractivity contribution in [1.82, 2.24) is 5.43 Å². The van der Waals surface area contributed by atoms with Crippen molar-refractivity contribution in [3.63, 3.8) is 0 Å². The molecule has 0 radical (unpaired) electrons. The van der Waals surface area contributed by atoms with E-state index in [4.69, 9.17) is 16.7 Å². The number of aliphatic carboxylic acids is 1. The van der Waals surface area contributed by atoms with Crippen molar-refractivity contribution in [1.29, 1.82) is 0 Å². The van der Waals surface area contributed by atoms with E-state index in [0.717, 1.165) is 31.2 Å². The smallest absolute Gasteiger partial charge is 0.476 e. The number of alkyl halides is 3. The molecular formula is C16H20F3N3O3S. The van der Waals surface area contributed by atoms with Crippen molar-refractivity contribution in [2.45, 2.75) is 43.2 Å². The average Bonchev–Trinajstić information content (AvgIpc) is 2.55. The number of nitrogens with two attached hydrogens (primary N) is 2. The lowest BCUT2D eigenvalue weighted by atomic mass is 9.84. The minimum atomic E-state index is -4.70. The summed E-state index contributed by atoms with van der Waals surface area (Å²) in [6.45, 7) is 0. The first-order valence-corrected chi connectivity index (χ1v) is 8.79. The van der Waals surface area contributed by atoms with Crippen LogP contribution < -0.4 is 21.7 Å². The predicted molar refractivity (Wildman–Crippen MR) is 91.9 cm³/mol. The molecule has 6 N–H and O–H groups in total. The van der Waals surface area contributed by atoms with Crippen molar-refractivity contribution >= 4 is 17.7 Å². The van der Waals surface area contributed by atoms with E-state index >= 15 is 0 Å². The van der Waals surface area contributed by atoms with Gasteiger partial charge in [-0.25, -0.2) is 4.79 Å². The topological polar surface area (TPSA) is 111 Å². The Morgan fingerprint density at radius 2 is 1.77 bits per heavy atom. The van der Waals surface area contributed by atoms with Gasteiger partial charge in [-0.05, 0) is 49.3 Å². The fourth-order valence-corrected chi connectivity index (χ4v) is 4.06. The number of hydrogen-bond acceptors (Lipinski definition) is 6. The number of carboxylic acids is 1. The van der Waals surface area contributed by atoms with E-state index in [1.165, 1.54) is 23.9 Å². The molecule has 2 rings (SSSR count). The lowest BCUT2D eigenvalue weighted by Gasteiger charge is -2.28. The molecule has 1 aliphatic carbocycles. The number of nitrogens with one attached hydrogen (secondary N) is 1. The van der Waals surface area contributed by atoms with Crippen molar-refractivity contribution < 1.29 is 27.8 Å². The second-order valence-electron chi connectivity index (χ2n) is 5.90. The molecule has 1 aromatic carbocycles. The van der Waals surface area contributed by atoms with E-state index in [2.05, 4.69) is 10.2 Å². The predicted octanol–water partition coefficient (Wildman–Crippen LogP) is 3.02. The van der Waals surface area contributed by atoms with Crippen molar-refractivity contribution in [2.24, 2.45) is 11.6 Å². The maximum absolute atomic E-state index is 12.2. The molecule has 26 heavy (non-hydrogen) atoms. The Morgan fingerprint density at radius 3 is 2.23 bits per heavy atom. The highest BCUT2D eigenvalue weighted by molar-refractivity contribution is 8.03. The van der Waals surface area contributed by atoms with Crippen molar-refractivity contribution in [2.75, 3.05) is 0 Å². The number of hydrazine groups is 1. The molecule has 1 aliphatic rings. The Kier molecular flexibility index (Phi) is 6.65. The van der Waals surface area contributed by atoms with E-state index in [1.807, 2.05) is 0 Å². The van der Waals surface area contributed by atoms with Crippen LogP contribution >= 0.6 is 11.8 Å². The molecule has 0 heterocycles. The molecule has 144 valence electrons. The lowest BCUT2D eigenvalue weighted by Crippen LogP contribution is -2.30. The SMILES string of the molecule is NN/C(C(=O)O)=C(\N)SC1CCC(c2ccc(OC(F)(F)F)cc2)CC1. The van der Waals surface area contributed by atoms with Crippen LogP contribution in [0.2, 0.25) is 0 Å². The third-order valence-corrected chi connectivity index (χ3v) is 5.42. The largest absolute Gasteiger partial charge is 0.573 e. The molecule has 0 bridgehead atoms. The van der Waals surface area contributed by atoms with Gasteiger partial charge < -0.3 is 21.0 Å². The van der Waals surface area contributed by atoms with Gasteiger partial charge in [0, 0.05) is 5.25 Å². The number of rotatable bonds is 6. The molecular weight excluding hydrogens is 371 g/mol. The summed E-state index contributed by atoms with van der Waals surface area (Å²) in [4.78, 5) is 11.0. The minimum Gasteiger partial charge on any atom is -0.476 e. The van der Waals surface area contributed by atoms with Crippen molar-refractivity contribution in [3.05, 3.63) is 40.6 Å². The summed E-state index contributed by atoms with van der Waals surface area (Å²) < 4.78 is 40.4. The Hall–Kier alpha value is -2.07. The fourth-order valence-electron chi connectivity index (χ4n) is 2.93. The van der Waals surface area contributed by atoms with Gasteiger partial charge in [0.25, 0.3) is 0 Å². The molecule has 1 fully saturated rings. The standard InChI is InChI=1S/C16H20F3N3O3S/c17-16(18,19)25-11-5-1-9(2-6-11)10-3-7-12(8-4-10)26-14(20)13(22-21)15(23)24/h1-2,5-6,10,12,22H,3-4,7-8,20-21H2,(H,23,24)/b14-13+. The summed E-state index contributed by atoms with van der Waals surface area (Å²) >= 11 is 1.28. The summed E-state index contributed by atoms with van der Waals surface area (Å²) in [6.07, 6.45) is -1.40. The number of thioether (sulfide) groups is 1. The van der Waals surface area contributed by atoms with Gasteiger partial charge in [0.05, 0.1) is 5.03 Å². The maximum atomic E-state index is 12.2. The lowest BCUT2D eigenvalue weighted by molar-refractivity contribution is -0.274. The number of hydrogen-bond donors (Lipinski definition) is 4. The van der Waals surface area contributed by atoms with Crippen LogP contribution in [-0.2, 0) is 4.79 Å². The van der Waals surface area contributed by atoms with Crippen LogP contribution in [0.5, 0.6) is 5.75 Å². The van der Waals surface area contributed by atoms with Crippen LogP contribution in [0.3, 0.4) is 0 Å². The fraction of sp³-hybridized carbons (Fsp3) is 0.438. The molecule has 0 aromatic heterocycles. The highest BCUT2D eigenvalue weighted by Crippen LogP contribution is 2.39.